The van der Waals surface area contributed by atoms with Crippen molar-refractivity contribution in [1.82, 2.24) is 14.9 Å². The number of carbonyl (C=O) groups is 1. The molecule has 0 aliphatic rings. The Hall–Kier alpha value is -1.36. The van der Waals surface area contributed by atoms with Crippen LogP contribution in [0.5, 0.6) is 0 Å². The van der Waals surface area contributed by atoms with Crippen molar-refractivity contribution in [2.24, 2.45) is 5.73 Å². The van der Waals surface area contributed by atoms with Crippen LogP contribution in [-0.4, -0.2) is 22.5 Å². The second-order valence-corrected chi connectivity index (χ2v) is 2.71. The van der Waals surface area contributed by atoms with Crippen molar-refractivity contribution in [1.29, 1.82) is 0 Å². The van der Waals surface area contributed by atoms with Gasteiger partial charge in [-0.2, -0.15) is 0 Å². The van der Waals surface area contributed by atoms with Gasteiger partial charge in [-0.1, -0.05) is 0 Å². The highest BCUT2D eigenvalue weighted by Crippen LogP contribution is 1.99. The van der Waals surface area contributed by atoms with Gasteiger partial charge in [0.1, 0.15) is 0 Å². The minimum atomic E-state index is 0.0247. The molecule has 0 aliphatic heterocycles. The molecule has 1 heterocycles. The lowest BCUT2D eigenvalue weighted by atomic mass is 10.4. The number of hydrogen-bond acceptors (Lipinski definition) is 3. The average molecular weight is 182 g/mol. The Balaban J connectivity index is 2.49. The largest absolute Gasteiger partial charge is 0.359 e. The van der Waals surface area contributed by atoms with Crippen LogP contribution < -0.4 is 11.1 Å². The topological polar surface area (TPSA) is 72.9 Å². The molecule has 0 bridgehead atoms. The molecule has 13 heavy (non-hydrogen) atoms. The lowest BCUT2D eigenvalue weighted by Gasteiger charge is -2.04. The summed E-state index contributed by atoms with van der Waals surface area (Å²) in [4.78, 5) is 14.9. The van der Waals surface area contributed by atoms with Crippen LogP contribution >= 0.6 is 0 Å². The third kappa shape index (κ3) is 2.55. The number of hydrogen-bond donors (Lipinski definition) is 2. The minimum Gasteiger partial charge on any atom is -0.359 e. The van der Waals surface area contributed by atoms with Crippen LogP contribution in [0, 0.1) is 0 Å². The summed E-state index contributed by atoms with van der Waals surface area (Å²) in [6.45, 7) is 1.08. The first kappa shape index (κ1) is 9.73. The van der Waals surface area contributed by atoms with E-state index in [0.717, 1.165) is 5.69 Å². The standard InChI is InChI=1S/C8H14N4O/c1-10-8(13)2-3-12-6-11-5-7(12)4-9/h5-6H,2-4,9H2,1H3,(H,10,13). The van der Waals surface area contributed by atoms with Crippen molar-refractivity contribution >= 4 is 5.91 Å². The van der Waals surface area contributed by atoms with Crippen molar-refractivity contribution in [3.05, 3.63) is 18.2 Å². The van der Waals surface area contributed by atoms with Crippen LogP contribution in [0.2, 0.25) is 0 Å². The summed E-state index contributed by atoms with van der Waals surface area (Å²) < 4.78 is 1.88. The summed E-state index contributed by atoms with van der Waals surface area (Å²) in [6.07, 6.45) is 3.86. The molecule has 1 aromatic rings. The molecule has 0 atom stereocenters. The molecule has 0 aromatic carbocycles. The molecule has 0 saturated carbocycles. The number of nitrogens with two attached hydrogens (primary N) is 1. The van der Waals surface area contributed by atoms with Gasteiger partial charge in [-0.05, 0) is 0 Å². The predicted molar refractivity (Wildman–Crippen MR) is 48.8 cm³/mol. The fourth-order valence-corrected chi connectivity index (χ4v) is 1.07. The normalized spacial score (nSPS) is 10.0. The predicted octanol–water partition coefficient (Wildman–Crippen LogP) is -0.522. The van der Waals surface area contributed by atoms with Crippen LogP contribution in [-0.2, 0) is 17.9 Å². The third-order valence-electron chi connectivity index (χ3n) is 1.87. The Morgan fingerprint density at radius 3 is 3.15 bits per heavy atom. The van der Waals surface area contributed by atoms with Gasteiger partial charge in [-0.3, -0.25) is 4.79 Å². The van der Waals surface area contributed by atoms with Crippen molar-refractivity contribution < 1.29 is 4.79 Å². The van der Waals surface area contributed by atoms with Gasteiger partial charge in [0.25, 0.3) is 0 Å². The Morgan fingerprint density at radius 2 is 2.54 bits per heavy atom. The maximum absolute atomic E-state index is 10.9. The van der Waals surface area contributed by atoms with Crippen LogP contribution in [0.3, 0.4) is 0 Å². The quantitative estimate of drug-likeness (QED) is 0.658. The van der Waals surface area contributed by atoms with E-state index in [1.807, 2.05) is 4.57 Å². The summed E-state index contributed by atoms with van der Waals surface area (Å²) in [6, 6.07) is 0. The van der Waals surface area contributed by atoms with Crippen LogP contribution in [0.25, 0.3) is 0 Å². The molecule has 72 valence electrons. The number of imidazole rings is 1. The lowest BCUT2D eigenvalue weighted by Crippen LogP contribution is -2.20. The Labute approximate surface area is 76.9 Å². The highest BCUT2D eigenvalue weighted by Gasteiger charge is 2.02. The van der Waals surface area contributed by atoms with Crippen LogP contribution in [0.4, 0.5) is 0 Å². The Bertz CT molecular complexity index is 281. The van der Waals surface area contributed by atoms with E-state index in [2.05, 4.69) is 10.3 Å². The van der Waals surface area contributed by atoms with E-state index in [9.17, 15) is 4.79 Å². The first-order chi connectivity index (χ1) is 6.27. The van der Waals surface area contributed by atoms with E-state index in [-0.39, 0.29) is 5.91 Å². The summed E-state index contributed by atoms with van der Waals surface area (Å²) in [5, 5.41) is 2.56. The summed E-state index contributed by atoms with van der Waals surface area (Å²) in [5.74, 6) is 0.0247. The Morgan fingerprint density at radius 1 is 1.77 bits per heavy atom. The van der Waals surface area contributed by atoms with Crippen molar-refractivity contribution in [2.75, 3.05) is 7.05 Å². The molecule has 3 N–H and O–H groups in total. The molecular formula is C8H14N4O. The summed E-state index contributed by atoms with van der Waals surface area (Å²) in [5.41, 5.74) is 6.42. The van der Waals surface area contributed by atoms with Crippen molar-refractivity contribution in [3.63, 3.8) is 0 Å². The number of nitrogens with one attached hydrogen (secondary N) is 1. The summed E-state index contributed by atoms with van der Waals surface area (Å²) >= 11 is 0. The van der Waals surface area contributed by atoms with E-state index in [0.29, 0.717) is 19.5 Å². The molecule has 5 heteroatoms. The molecule has 0 fully saturated rings. The number of amides is 1. The van der Waals surface area contributed by atoms with E-state index < -0.39 is 0 Å². The zero-order chi connectivity index (χ0) is 9.68. The maximum atomic E-state index is 10.9. The van der Waals surface area contributed by atoms with Crippen LogP contribution in [0.15, 0.2) is 12.5 Å². The molecule has 0 unspecified atom stereocenters. The fourth-order valence-electron chi connectivity index (χ4n) is 1.07. The molecule has 0 saturated heterocycles. The van der Waals surface area contributed by atoms with Gasteiger partial charge < -0.3 is 15.6 Å². The minimum absolute atomic E-state index is 0.0247. The smallest absolute Gasteiger partial charge is 0.221 e. The van der Waals surface area contributed by atoms with Gasteiger partial charge >= 0.3 is 0 Å². The number of aryl methyl sites for hydroxylation is 1. The maximum Gasteiger partial charge on any atom is 0.221 e. The van der Waals surface area contributed by atoms with E-state index in [4.69, 9.17) is 5.73 Å². The first-order valence-electron chi connectivity index (χ1n) is 4.17. The first-order valence-corrected chi connectivity index (χ1v) is 4.17. The second kappa shape index (κ2) is 4.61. The third-order valence-corrected chi connectivity index (χ3v) is 1.87. The Kier molecular flexibility index (Phi) is 3.45. The SMILES string of the molecule is CNC(=O)CCn1cncc1CN. The van der Waals surface area contributed by atoms with Gasteiger partial charge in [0, 0.05) is 32.8 Å². The van der Waals surface area contributed by atoms with Crippen LogP contribution in [0.1, 0.15) is 12.1 Å². The number of carbonyl (C=O) groups excluding carboxylic acids is 1. The monoisotopic (exact) mass is 182 g/mol. The van der Waals surface area contributed by atoms with Gasteiger partial charge in [-0.25, -0.2) is 4.98 Å². The number of nitrogens with zero attached hydrogens (tertiary/aromatic N) is 2. The van der Waals surface area contributed by atoms with Gasteiger partial charge in [0.2, 0.25) is 5.91 Å². The van der Waals surface area contributed by atoms with Gasteiger partial charge in [0.05, 0.1) is 12.0 Å². The van der Waals surface area contributed by atoms with Crippen molar-refractivity contribution in [2.45, 2.75) is 19.5 Å². The molecule has 1 aromatic heterocycles. The average Bonchev–Trinajstić information content (AvgIpc) is 2.61. The second-order valence-electron chi connectivity index (χ2n) is 2.71. The summed E-state index contributed by atoms with van der Waals surface area (Å²) in [7, 11) is 1.63. The molecule has 0 radical (unpaired) electrons. The molecule has 0 spiro atoms. The highest BCUT2D eigenvalue weighted by atomic mass is 16.1. The fraction of sp³-hybridized carbons (Fsp3) is 0.500. The van der Waals surface area contributed by atoms with Crippen molar-refractivity contribution in [3.8, 4) is 0 Å². The zero-order valence-electron chi connectivity index (χ0n) is 7.66. The van der Waals surface area contributed by atoms with E-state index in [1.54, 1.807) is 19.6 Å². The van der Waals surface area contributed by atoms with Gasteiger partial charge in [0.15, 0.2) is 0 Å². The zero-order valence-corrected chi connectivity index (χ0v) is 7.66. The molecule has 5 nitrogen and oxygen atoms in total. The van der Waals surface area contributed by atoms with E-state index in [1.165, 1.54) is 0 Å². The lowest BCUT2D eigenvalue weighted by molar-refractivity contribution is -0.120. The number of aromatic nitrogens is 2. The molecular weight excluding hydrogens is 168 g/mol. The molecule has 0 aliphatic carbocycles. The molecule has 1 rings (SSSR count). The van der Waals surface area contributed by atoms with E-state index >= 15 is 0 Å². The van der Waals surface area contributed by atoms with Gasteiger partial charge in [-0.15, -0.1) is 0 Å². The highest BCUT2D eigenvalue weighted by molar-refractivity contribution is 5.75. The number of rotatable bonds is 4. The molecule has 1 amide bonds.